The molecule has 1 aliphatic heterocycles. The van der Waals surface area contributed by atoms with Crippen LogP contribution in [0.4, 0.5) is 0 Å². The highest BCUT2D eigenvalue weighted by Gasteiger charge is 2.25. The summed E-state index contributed by atoms with van der Waals surface area (Å²) in [6, 6.07) is 0.929. The van der Waals surface area contributed by atoms with Gasteiger partial charge in [0.1, 0.15) is 0 Å². The van der Waals surface area contributed by atoms with E-state index in [9.17, 15) is 0 Å². The number of halogens is 1. The van der Waals surface area contributed by atoms with E-state index >= 15 is 0 Å². The molecule has 17 heavy (non-hydrogen) atoms. The first-order valence-electron chi connectivity index (χ1n) is 6.16. The van der Waals surface area contributed by atoms with Crippen LogP contribution in [0.15, 0.2) is 4.47 Å². The third-order valence-electron chi connectivity index (χ3n) is 3.67. The lowest BCUT2D eigenvalue weighted by Crippen LogP contribution is -2.45. The number of aromatic nitrogens is 2. The van der Waals surface area contributed by atoms with Crippen LogP contribution in [0.2, 0.25) is 0 Å². The Bertz CT molecular complexity index is 401. The second-order valence-corrected chi connectivity index (χ2v) is 5.87. The molecular formula is C12H21BrN4. The molecule has 0 amide bonds. The van der Waals surface area contributed by atoms with Crippen LogP contribution in [-0.2, 0) is 13.6 Å². The van der Waals surface area contributed by atoms with Crippen molar-refractivity contribution in [1.29, 1.82) is 0 Å². The number of aryl methyl sites for hydroxylation is 2. The van der Waals surface area contributed by atoms with Gasteiger partial charge in [0, 0.05) is 32.2 Å². The highest BCUT2D eigenvalue weighted by Crippen LogP contribution is 2.24. The van der Waals surface area contributed by atoms with Crippen molar-refractivity contribution in [2.24, 2.45) is 12.8 Å². The van der Waals surface area contributed by atoms with Crippen LogP contribution >= 0.6 is 15.9 Å². The molecule has 0 aromatic carbocycles. The third-order valence-corrected chi connectivity index (χ3v) is 4.70. The second-order valence-electron chi connectivity index (χ2n) is 5.07. The number of hydrogen-bond acceptors (Lipinski definition) is 3. The number of rotatable bonds is 2. The molecule has 1 saturated heterocycles. The van der Waals surface area contributed by atoms with Crippen LogP contribution < -0.4 is 5.73 Å². The molecule has 0 aliphatic carbocycles. The maximum absolute atomic E-state index is 5.99. The smallest absolute Gasteiger partial charge is 0.0739 e. The lowest BCUT2D eigenvalue weighted by molar-refractivity contribution is 0.136. The van der Waals surface area contributed by atoms with E-state index in [-0.39, 0.29) is 0 Å². The van der Waals surface area contributed by atoms with Crippen molar-refractivity contribution in [2.75, 3.05) is 6.54 Å². The van der Waals surface area contributed by atoms with E-state index in [0.717, 1.165) is 36.1 Å². The van der Waals surface area contributed by atoms with E-state index in [1.165, 1.54) is 5.69 Å². The first kappa shape index (κ1) is 13.1. The lowest BCUT2D eigenvalue weighted by atomic mass is 9.99. The first-order valence-corrected chi connectivity index (χ1v) is 6.96. The molecule has 0 bridgehead atoms. The minimum atomic E-state index is 0.373. The van der Waals surface area contributed by atoms with Crippen molar-refractivity contribution in [3.05, 3.63) is 15.9 Å². The number of likely N-dealkylation sites (tertiary alicyclic amines) is 1. The van der Waals surface area contributed by atoms with Gasteiger partial charge in [-0.2, -0.15) is 5.10 Å². The molecule has 2 heterocycles. The Morgan fingerprint density at radius 3 is 2.76 bits per heavy atom. The molecule has 0 radical (unpaired) electrons. The third kappa shape index (κ3) is 2.72. The lowest BCUT2D eigenvalue weighted by Gasteiger charge is -2.36. The van der Waals surface area contributed by atoms with E-state index < -0.39 is 0 Å². The summed E-state index contributed by atoms with van der Waals surface area (Å²) in [6.07, 6.45) is 2.19. The maximum Gasteiger partial charge on any atom is 0.0739 e. The fraction of sp³-hybridized carbons (Fsp3) is 0.750. The Balaban J connectivity index is 2.10. The summed E-state index contributed by atoms with van der Waals surface area (Å²) in [7, 11) is 2.01. The van der Waals surface area contributed by atoms with Gasteiger partial charge in [0.05, 0.1) is 15.9 Å². The maximum atomic E-state index is 5.99. The standard InChI is InChI=1S/C12H21BrN4/c1-8-6-10(14)4-5-17(8)7-11-12(13)9(2)15-16(11)3/h8,10H,4-7,14H2,1-3H3. The van der Waals surface area contributed by atoms with Crippen LogP contribution in [0, 0.1) is 6.92 Å². The predicted octanol–water partition coefficient (Wildman–Crippen LogP) is 1.80. The average Bonchev–Trinajstić information content (AvgIpc) is 2.48. The van der Waals surface area contributed by atoms with Gasteiger partial charge in [0.2, 0.25) is 0 Å². The van der Waals surface area contributed by atoms with Gasteiger partial charge in [-0.25, -0.2) is 0 Å². The van der Waals surface area contributed by atoms with Crippen molar-refractivity contribution in [3.63, 3.8) is 0 Å². The molecule has 0 spiro atoms. The minimum Gasteiger partial charge on any atom is -0.328 e. The largest absolute Gasteiger partial charge is 0.328 e. The number of piperidine rings is 1. The molecule has 2 unspecified atom stereocenters. The molecule has 0 saturated carbocycles. The normalized spacial score (nSPS) is 26.4. The van der Waals surface area contributed by atoms with Crippen molar-refractivity contribution >= 4 is 15.9 Å². The molecule has 4 nitrogen and oxygen atoms in total. The molecular weight excluding hydrogens is 280 g/mol. The van der Waals surface area contributed by atoms with Gasteiger partial charge in [-0.05, 0) is 42.6 Å². The van der Waals surface area contributed by atoms with Crippen LogP contribution in [-0.4, -0.2) is 33.3 Å². The number of nitrogens with two attached hydrogens (primary N) is 1. The molecule has 2 rings (SSSR count). The Morgan fingerprint density at radius 1 is 1.53 bits per heavy atom. The zero-order chi connectivity index (χ0) is 12.6. The highest BCUT2D eigenvalue weighted by molar-refractivity contribution is 9.10. The molecule has 1 aromatic rings. The highest BCUT2D eigenvalue weighted by atomic mass is 79.9. The van der Waals surface area contributed by atoms with E-state index in [1.807, 2.05) is 18.7 Å². The monoisotopic (exact) mass is 300 g/mol. The zero-order valence-electron chi connectivity index (χ0n) is 10.8. The molecule has 2 N–H and O–H groups in total. The summed E-state index contributed by atoms with van der Waals surface area (Å²) in [4.78, 5) is 2.49. The van der Waals surface area contributed by atoms with Gasteiger partial charge in [0.25, 0.3) is 0 Å². The first-order chi connectivity index (χ1) is 7.99. The van der Waals surface area contributed by atoms with Crippen molar-refractivity contribution in [2.45, 2.75) is 45.3 Å². The van der Waals surface area contributed by atoms with Crippen LogP contribution in [0.5, 0.6) is 0 Å². The predicted molar refractivity (Wildman–Crippen MR) is 72.7 cm³/mol. The molecule has 1 aromatic heterocycles. The quantitative estimate of drug-likeness (QED) is 0.906. The Kier molecular flexibility index (Phi) is 3.90. The Morgan fingerprint density at radius 2 is 2.24 bits per heavy atom. The van der Waals surface area contributed by atoms with Gasteiger partial charge in [0.15, 0.2) is 0 Å². The van der Waals surface area contributed by atoms with Gasteiger partial charge >= 0.3 is 0 Å². The van der Waals surface area contributed by atoms with Gasteiger partial charge in [-0.3, -0.25) is 9.58 Å². The van der Waals surface area contributed by atoms with Gasteiger partial charge in [-0.15, -0.1) is 0 Å². The molecule has 1 aliphatic rings. The van der Waals surface area contributed by atoms with E-state index in [4.69, 9.17) is 5.73 Å². The van der Waals surface area contributed by atoms with Crippen LogP contribution in [0.25, 0.3) is 0 Å². The fourth-order valence-electron chi connectivity index (χ4n) is 2.54. The van der Waals surface area contributed by atoms with Gasteiger partial charge < -0.3 is 5.73 Å². The zero-order valence-corrected chi connectivity index (χ0v) is 12.4. The van der Waals surface area contributed by atoms with E-state index in [0.29, 0.717) is 12.1 Å². The van der Waals surface area contributed by atoms with Crippen LogP contribution in [0.3, 0.4) is 0 Å². The summed E-state index contributed by atoms with van der Waals surface area (Å²) in [5.74, 6) is 0. The fourth-order valence-corrected chi connectivity index (χ4v) is 3.00. The molecule has 1 fully saturated rings. The van der Waals surface area contributed by atoms with Gasteiger partial charge in [-0.1, -0.05) is 0 Å². The average molecular weight is 301 g/mol. The minimum absolute atomic E-state index is 0.373. The molecule has 96 valence electrons. The number of hydrogen-bond donors (Lipinski definition) is 1. The van der Waals surface area contributed by atoms with E-state index in [2.05, 4.69) is 32.9 Å². The Labute approximate surface area is 111 Å². The second kappa shape index (κ2) is 5.08. The molecule has 5 heteroatoms. The van der Waals surface area contributed by atoms with Crippen molar-refractivity contribution < 1.29 is 0 Å². The summed E-state index contributed by atoms with van der Waals surface area (Å²) >= 11 is 3.62. The summed E-state index contributed by atoms with van der Waals surface area (Å²) < 4.78 is 3.11. The topological polar surface area (TPSA) is 47.1 Å². The Hall–Kier alpha value is -0.390. The van der Waals surface area contributed by atoms with E-state index in [1.54, 1.807) is 0 Å². The molecule has 2 atom stereocenters. The summed E-state index contributed by atoms with van der Waals surface area (Å²) in [5.41, 5.74) is 8.30. The van der Waals surface area contributed by atoms with Crippen molar-refractivity contribution in [1.82, 2.24) is 14.7 Å². The van der Waals surface area contributed by atoms with Crippen molar-refractivity contribution in [3.8, 4) is 0 Å². The summed E-state index contributed by atoms with van der Waals surface area (Å²) in [5, 5.41) is 4.43. The van der Waals surface area contributed by atoms with Crippen LogP contribution in [0.1, 0.15) is 31.2 Å². The SMILES string of the molecule is Cc1nn(C)c(CN2CCC(N)CC2C)c1Br. The number of nitrogens with zero attached hydrogens (tertiary/aromatic N) is 3. The summed E-state index contributed by atoms with van der Waals surface area (Å²) in [6.45, 7) is 6.32.